The summed E-state index contributed by atoms with van der Waals surface area (Å²) in [5.74, 6) is 0.796. The Morgan fingerprint density at radius 2 is 1.93 bits per heavy atom. The van der Waals surface area contributed by atoms with Crippen molar-refractivity contribution in [1.29, 1.82) is 0 Å². The molecular formula is C22H25N3O3S. The first-order valence-electron chi connectivity index (χ1n) is 9.97. The van der Waals surface area contributed by atoms with Crippen molar-refractivity contribution < 1.29 is 14.3 Å². The Morgan fingerprint density at radius 1 is 1.17 bits per heavy atom. The van der Waals surface area contributed by atoms with Gasteiger partial charge in [-0.1, -0.05) is 35.6 Å². The van der Waals surface area contributed by atoms with Crippen LogP contribution in [0.4, 0.5) is 4.79 Å². The molecule has 29 heavy (non-hydrogen) atoms. The number of carbonyl (C=O) groups is 1. The van der Waals surface area contributed by atoms with E-state index >= 15 is 0 Å². The fraction of sp³-hybridized carbons (Fsp3) is 0.364. The lowest BCUT2D eigenvalue weighted by Gasteiger charge is -2.32. The standard InChI is InChI=1S/C22H25N3O3S/c1-2-27-21(26)23-17-11-13-25(14-12-17)15-16-7-9-18(10-8-16)28-22-24-19-5-3-4-6-20(19)29-22/h3-10,17H,2,11-15H2,1H3,(H,23,26). The third-order valence-corrected chi connectivity index (χ3v) is 5.91. The van der Waals surface area contributed by atoms with Crippen LogP contribution in [-0.2, 0) is 11.3 Å². The Morgan fingerprint density at radius 3 is 2.66 bits per heavy atom. The van der Waals surface area contributed by atoms with Crippen molar-refractivity contribution in [3.63, 3.8) is 0 Å². The minimum absolute atomic E-state index is 0.204. The molecule has 7 heteroatoms. The molecule has 1 fully saturated rings. The number of likely N-dealkylation sites (tertiary alicyclic amines) is 1. The molecule has 3 aromatic rings. The first-order valence-corrected chi connectivity index (χ1v) is 10.8. The predicted octanol–water partition coefficient (Wildman–Crippen LogP) is 4.80. The zero-order chi connectivity index (χ0) is 20.1. The number of hydrogen-bond acceptors (Lipinski definition) is 6. The Hall–Kier alpha value is -2.64. The lowest BCUT2D eigenvalue weighted by molar-refractivity contribution is 0.136. The minimum atomic E-state index is -0.310. The topological polar surface area (TPSA) is 63.7 Å². The number of para-hydroxylation sites is 1. The fourth-order valence-corrected chi connectivity index (χ4v) is 4.33. The van der Waals surface area contributed by atoms with Gasteiger partial charge in [-0.25, -0.2) is 9.78 Å². The van der Waals surface area contributed by atoms with E-state index in [9.17, 15) is 4.79 Å². The summed E-state index contributed by atoms with van der Waals surface area (Å²) in [7, 11) is 0. The summed E-state index contributed by atoms with van der Waals surface area (Å²) in [5, 5.41) is 3.60. The Kier molecular flexibility index (Phi) is 6.27. The molecule has 1 amide bonds. The number of amides is 1. The van der Waals surface area contributed by atoms with E-state index in [1.807, 2.05) is 43.3 Å². The lowest BCUT2D eigenvalue weighted by Crippen LogP contribution is -2.44. The van der Waals surface area contributed by atoms with Crippen molar-refractivity contribution in [2.75, 3.05) is 19.7 Å². The molecule has 1 N–H and O–H groups in total. The van der Waals surface area contributed by atoms with E-state index in [0.717, 1.165) is 48.4 Å². The average Bonchev–Trinajstić information content (AvgIpc) is 3.13. The van der Waals surface area contributed by atoms with Gasteiger partial charge in [0.2, 0.25) is 0 Å². The summed E-state index contributed by atoms with van der Waals surface area (Å²) >= 11 is 1.55. The second kappa shape index (κ2) is 9.24. The quantitative estimate of drug-likeness (QED) is 0.631. The summed E-state index contributed by atoms with van der Waals surface area (Å²) < 4.78 is 12.0. The summed E-state index contributed by atoms with van der Waals surface area (Å²) in [6.45, 7) is 5.04. The van der Waals surface area contributed by atoms with E-state index in [2.05, 4.69) is 27.3 Å². The molecule has 1 aliphatic heterocycles. The monoisotopic (exact) mass is 411 g/mol. The maximum atomic E-state index is 11.5. The first kappa shape index (κ1) is 19.7. The SMILES string of the molecule is CCOC(=O)NC1CCN(Cc2ccc(Oc3nc4ccccc4s3)cc2)CC1. The minimum Gasteiger partial charge on any atom is -0.450 e. The van der Waals surface area contributed by atoms with E-state index in [1.165, 1.54) is 5.56 Å². The smallest absolute Gasteiger partial charge is 0.407 e. The zero-order valence-electron chi connectivity index (χ0n) is 16.5. The van der Waals surface area contributed by atoms with Gasteiger partial charge in [-0.3, -0.25) is 4.90 Å². The fourth-order valence-electron chi connectivity index (χ4n) is 3.49. The summed E-state index contributed by atoms with van der Waals surface area (Å²) in [6.07, 6.45) is 1.57. The van der Waals surface area contributed by atoms with Crippen LogP contribution in [0.15, 0.2) is 48.5 Å². The van der Waals surface area contributed by atoms with Gasteiger partial charge in [0.25, 0.3) is 5.19 Å². The van der Waals surface area contributed by atoms with Crippen molar-refractivity contribution in [3.05, 3.63) is 54.1 Å². The molecule has 6 nitrogen and oxygen atoms in total. The number of nitrogens with zero attached hydrogens (tertiary/aromatic N) is 2. The van der Waals surface area contributed by atoms with Crippen molar-refractivity contribution in [1.82, 2.24) is 15.2 Å². The van der Waals surface area contributed by atoms with Crippen molar-refractivity contribution in [2.24, 2.45) is 0 Å². The number of benzene rings is 2. The second-order valence-corrected chi connectivity index (χ2v) is 8.10. The van der Waals surface area contributed by atoms with Gasteiger partial charge in [0.15, 0.2) is 0 Å². The van der Waals surface area contributed by atoms with Gasteiger partial charge in [0.05, 0.1) is 16.8 Å². The second-order valence-electron chi connectivity index (χ2n) is 7.11. The van der Waals surface area contributed by atoms with Crippen LogP contribution in [0.5, 0.6) is 10.9 Å². The summed E-state index contributed by atoms with van der Waals surface area (Å²) in [5.41, 5.74) is 2.21. The highest BCUT2D eigenvalue weighted by Crippen LogP contribution is 2.31. The number of alkyl carbamates (subject to hydrolysis) is 1. The van der Waals surface area contributed by atoms with Gasteiger partial charge in [-0.2, -0.15) is 0 Å². The van der Waals surface area contributed by atoms with Gasteiger partial charge in [-0.15, -0.1) is 0 Å². The van der Waals surface area contributed by atoms with Crippen LogP contribution < -0.4 is 10.1 Å². The van der Waals surface area contributed by atoms with E-state index in [1.54, 1.807) is 11.3 Å². The molecule has 0 saturated carbocycles. The lowest BCUT2D eigenvalue weighted by atomic mass is 10.0. The van der Waals surface area contributed by atoms with E-state index in [0.29, 0.717) is 11.8 Å². The zero-order valence-corrected chi connectivity index (χ0v) is 17.3. The highest BCUT2D eigenvalue weighted by molar-refractivity contribution is 7.20. The molecule has 2 aromatic carbocycles. The summed E-state index contributed by atoms with van der Waals surface area (Å²) in [6, 6.07) is 16.4. The van der Waals surface area contributed by atoms with Gasteiger partial charge in [-0.05, 0) is 49.6 Å². The highest BCUT2D eigenvalue weighted by Gasteiger charge is 2.21. The predicted molar refractivity (Wildman–Crippen MR) is 115 cm³/mol. The highest BCUT2D eigenvalue weighted by atomic mass is 32.1. The molecular weight excluding hydrogens is 386 g/mol. The molecule has 1 aliphatic rings. The van der Waals surface area contributed by atoms with E-state index in [4.69, 9.17) is 9.47 Å². The number of rotatable bonds is 6. The Bertz CT molecular complexity index is 916. The molecule has 0 bridgehead atoms. The van der Waals surface area contributed by atoms with E-state index < -0.39 is 0 Å². The number of carbonyl (C=O) groups excluding carboxylic acids is 1. The van der Waals surface area contributed by atoms with Gasteiger partial charge >= 0.3 is 6.09 Å². The summed E-state index contributed by atoms with van der Waals surface area (Å²) in [4.78, 5) is 18.5. The van der Waals surface area contributed by atoms with Gasteiger partial charge in [0.1, 0.15) is 5.75 Å². The van der Waals surface area contributed by atoms with Crippen LogP contribution in [0.25, 0.3) is 10.2 Å². The number of aromatic nitrogens is 1. The van der Waals surface area contributed by atoms with E-state index in [-0.39, 0.29) is 12.1 Å². The normalized spacial score (nSPS) is 15.3. The molecule has 4 rings (SSSR count). The molecule has 0 radical (unpaired) electrons. The number of nitrogens with one attached hydrogen (secondary N) is 1. The molecule has 2 heterocycles. The molecule has 0 unspecified atom stereocenters. The molecule has 1 aromatic heterocycles. The van der Waals surface area contributed by atoms with Crippen molar-refractivity contribution in [2.45, 2.75) is 32.4 Å². The van der Waals surface area contributed by atoms with Crippen LogP contribution in [0.1, 0.15) is 25.3 Å². The number of piperidine rings is 1. The van der Waals surface area contributed by atoms with Crippen LogP contribution in [0.3, 0.4) is 0 Å². The first-order chi connectivity index (χ1) is 14.2. The largest absolute Gasteiger partial charge is 0.450 e. The molecule has 152 valence electrons. The number of hydrogen-bond donors (Lipinski definition) is 1. The van der Waals surface area contributed by atoms with Crippen LogP contribution >= 0.6 is 11.3 Å². The molecule has 1 saturated heterocycles. The molecule has 0 atom stereocenters. The van der Waals surface area contributed by atoms with Gasteiger partial charge < -0.3 is 14.8 Å². The Labute approximate surface area is 174 Å². The van der Waals surface area contributed by atoms with Crippen LogP contribution in [0.2, 0.25) is 0 Å². The van der Waals surface area contributed by atoms with Crippen molar-refractivity contribution >= 4 is 27.6 Å². The Balaban J connectivity index is 1.27. The maximum absolute atomic E-state index is 11.5. The van der Waals surface area contributed by atoms with Gasteiger partial charge in [0, 0.05) is 25.7 Å². The maximum Gasteiger partial charge on any atom is 0.407 e. The third kappa shape index (κ3) is 5.25. The number of fused-ring (bicyclic) bond motifs is 1. The molecule has 0 aliphatic carbocycles. The number of thiazole rings is 1. The molecule has 0 spiro atoms. The van der Waals surface area contributed by atoms with Crippen LogP contribution in [-0.4, -0.2) is 41.7 Å². The van der Waals surface area contributed by atoms with Crippen LogP contribution in [0, 0.1) is 0 Å². The number of ether oxygens (including phenoxy) is 2. The third-order valence-electron chi connectivity index (χ3n) is 4.99. The van der Waals surface area contributed by atoms with Crippen molar-refractivity contribution in [3.8, 4) is 10.9 Å². The average molecular weight is 412 g/mol.